The van der Waals surface area contributed by atoms with Gasteiger partial charge in [-0.15, -0.1) is 0 Å². The molecule has 0 aliphatic carbocycles. The molecule has 0 radical (unpaired) electrons. The number of benzene rings is 1. The van der Waals surface area contributed by atoms with Gasteiger partial charge in [0.05, 0.1) is 24.1 Å². The van der Waals surface area contributed by atoms with E-state index in [0.29, 0.717) is 18.1 Å². The van der Waals surface area contributed by atoms with E-state index in [2.05, 4.69) is 21.5 Å². The van der Waals surface area contributed by atoms with Gasteiger partial charge in [0, 0.05) is 24.4 Å². The van der Waals surface area contributed by atoms with E-state index < -0.39 is 0 Å². The predicted octanol–water partition coefficient (Wildman–Crippen LogP) is 3.51. The predicted molar refractivity (Wildman–Crippen MR) is 112 cm³/mol. The molecule has 7 nitrogen and oxygen atoms in total. The number of hydrogen-bond donors (Lipinski definition) is 1. The maximum Gasteiger partial charge on any atom is 0.275 e. The summed E-state index contributed by atoms with van der Waals surface area (Å²) in [5.74, 6) is 1.04. The van der Waals surface area contributed by atoms with Crippen molar-refractivity contribution in [2.45, 2.75) is 33.4 Å². The SMILES string of the molecule is Cc1cc(C(=O)Nc2cc(C3=NCc4ccc(OC(C)C)cc43)ccn2)n(C)n1. The summed E-state index contributed by atoms with van der Waals surface area (Å²) in [6.45, 7) is 6.49. The van der Waals surface area contributed by atoms with Crippen LogP contribution in [0.4, 0.5) is 5.82 Å². The second kappa shape index (κ2) is 7.50. The topological polar surface area (TPSA) is 81.4 Å². The third-order valence-electron chi connectivity index (χ3n) is 4.63. The largest absolute Gasteiger partial charge is 0.491 e. The maximum absolute atomic E-state index is 12.6. The summed E-state index contributed by atoms with van der Waals surface area (Å²) in [4.78, 5) is 21.5. The number of aliphatic imine (C=N–C) groups is 1. The van der Waals surface area contributed by atoms with E-state index in [4.69, 9.17) is 9.73 Å². The molecule has 0 saturated heterocycles. The lowest BCUT2D eigenvalue weighted by Crippen LogP contribution is -2.17. The van der Waals surface area contributed by atoms with E-state index in [9.17, 15) is 4.79 Å². The third kappa shape index (κ3) is 3.89. The van der Waals surface area contributed by atoms with Crippen LogP contribution < -0.4 is 10.1 Å². The van der Waals surface area contributed by atoms with Gasteiger partial charge in [0.15, 0.2) is 0 Å². The lowest BCUT2D eigenvalue weighted by Gasteiger charge is -2.12. The molecule has 148 valence electrons. The fraction of sp³-hybridized carbons (Fsp3) is 0.273. The average Bonchev–Trinajstić information content (AvgIpc) is 3.23. The number of nitrogens with zero attached hydrogens (tertiary/aromatic N) is 4. The molecule has 0 saturated carbocycles. The zero-order chi connectivity index (χ0) is 20.5. The van der Waals surface area contributed by atoms with Crippen LogP contribution in [0.3, 0.4) is 0 Å². The van der Waals surface area contributed by atoms with Crippen LogP contribution in [-0.2, 0) is 13.6 Å². The van der Waals surface area contributed by atoms with E-state index >= 15 is 0 Å². The average molecular weight is 389 g/mol. The highest BCUT2D eigenvalue weighted by Gasteiger charge is 2.20. The summed E-state index contributed by atoms with van der Waals surface area (Å²) in [7, 11) is 1.74. The molecule has 29 heavy (non-hydrogen) atoms. The normalized spacial score (nSPS) is 12.7. The fourth-order valence-electron chi connectivity index (χ4n) is 3.41. The second-order valence-electron chi connectivity index (χ2n) is 7.33. The van der Waals surface area contributed by atoms with Gasteiger partial charge in [0.2, 0.25) is 0 Å². The highest BCUT2D eigenvalue weighted by Crippen LogP contribution is 2.28. The van der Waals surface area contributed by atoms with Crippen molar-refractivity contribution in [2.75, 3.05) is 5.32 Å². The maximum atomic E-state index is 12.6. The standard InChI is InChI=1S/C22H23N5O2/c1-13(2)29-17-6-5-16-12-24-21(18(16)11-17)15-7-8-23-20(10-15)25-22(28)19-9-14(3)26-27(19)4/h5-11,13H,12H2,1-4H3,(H,23,25,28). The number of anilines is 1. The third-order valence-corrected chi connectivity index (χ3v) is 4.63. The van der Waals surface area contributed by atoms with Crippen molar-refractivity contribution in [1.29, 1.82) is 0 Å². The zero-order valence-corrected chi connectivity index (χ0v) is 16.9. The number of nitrogens with one attached hydrogen (secondary N) is 1. The summed E-state index contributed by atoms with van der Waals surface area (Å²) in [6.07, 6.45) is 1.78. The molecule has 1 N–H and O–H groups in total. The van der Waals surface area contributed by atoms with Gasteiger partial charge >= 0.3 is 0 Å². The molecule has 7 heteroatoms. The number of pyridine rings is 1. The van der Waals surface area contributed by atoms with E-state index in [-0.39, 0.29) is 12.0 Å². The molecule has 0 atom stereocenters. The minimum absolute atomic E-state index is 0.105. The molecular formula is C22H23N5O2. The Hall–Kier alpha value is -3.48. The van der Waals surface area contributed by atoms with Crippen molar-refractivity contribution < 1.29 is 9.53 Å². The van der Waals surface area contributed by atoms with Crippen molar-refractivity contribution >= 4 is 17.4 Å². The Morgan fingerprint density at radius 2 is 2.03 bits per heavy atom. The van der Waals surface area contributed by atoms with Crippen molar-refractivity contribution in [1.82, 2.24) is 14.8 Å². The Morgan fingerprint density at radius 3 is 2.76 bits per heavy atom. The van der Waals surface area contributed by atoms with E-state index in [0.717, 1.165) is 33.8 Å². The molecule has 1 amide bonds. The molecule has 0 bridgehead atoms. The van der Waals surface area contributed by atoms with E-state index in [1.54, 1.807) is 24.0 Å². The Labute approximate surface area is 169 Å². The first-order chi connectivity index (χ1) is 13.9. The van der Waals surface area contributed by atoms with Crippen molar-refractivity contribution in [3.8, 4) is 5.75 Å². The molecule has 0 spiro atoms. The Bertz CT molecular complexity index is 1110. The molecule has 1 aliphatic heterocycles. The molecule has 3 aromatic rings. The quantitative estimate of drug-likeness (QED) is 0.724. The monoisotopic (exact) mass is 389 g/mol. The van der Waals surface area contributed by atoms with E-state index in [1.807, 2.05) is 45.0 Å². The Balaban J connectivity index is 1.59. The zero-order valence-electron chi connectivity index (χ0n) is 16.9. The number of hydrogen-bond acceptors (Lipinski definition) is 5. The summed E-state index contributed by atoms with van der Waals surface area (Å²) in [5.41, 5.74) is 5.25. The van der Waals surface area contributed by atoms with Crippen molar-refractivity contribution in [3.05, 3.63) is 70.7 Å². The van der Waals surface area contributed by atoms with Crippen molar-refractivity contribution in [2.24, 2.45) is 12.0 Å². The number of rotatable bonds is 5. The molecule has 2 aromatic heterocycles. The molecule has 1 aromatic carbocycles. The van der Waals surface area contributed by atoms with Gasteiger partial charge in [-0.2, -0.15) is 5.10 Å². The van der Waals surface area contributed by atoms with E-state index in [1.165, 1.54) is 0 Å². The van der Waals surface area contributed by atoms with Gasteiger partial charge in [0.1, 0.15) is 17.3 Å². The molecule has 0 fully saturated rings. The number of fused-ring (bicyclic) bond motifs is 1. The molecule has 3 heterocycles. The van der Waals surface area contributed by atoms with Crippen LogP contribution in [0.5, 0.6) is 5.75 Å². The smallest absolute Gasteiger partial charge is 0.275 e. The summed E-state index contributed by atoms with van der Waals surface area (Å²) < 4.78 is 7.39. The van der Waals surface area contributed by atoms with Crippen LogP contribution in [0.25, 0.3) is 0 Å². The van der Waals surface area contributed by atoms with Gasteiger partial charge in [-0.05, 0) is 56.7 Å². The highest BCUT2D eigenvalue weighted by molar-refractivity contribution is 6.15. The number of carbonyl (C=O) groups excluding carboxylic acids is 1. The molecule has 0 unspecified atom stereocenters. The highest BCUT2D eigenvalue weighted by atomic mass is 16.5. The number of amides is 1. The van der Waals surface area contributed by atoms with Crippen LogP contribution in [0.1, 0.15) is 46.7 Å². The molecule has 4 rings (SSSR count). The molecular weight excluding hydrogens is 366 g/mol. The van der Waals surface area contributed by atoms with Crippen LogP contribution in [0.2, 0.25) is 0 Å². The Kier molecular flexibility index (Phi) is 4.88. The number of aromatic nitrogens is 3. The number of aryl methyl sites for hydroxylation is 2. The van der Waals surface area contributed by atoms with Crippen LogP contribution in [-0.4, -0.2) is 32.5 Å². The first-order valence-electron chi connectivity index (χ1n) is 9.53. The van der Waals surface area contributed by atoms with Crippen LogP contribution >= 0.6 is 0 Å². The van der Waals surface area contributed by atoms with Gasteiger partial charge in [-0.3, -0.25) is 14.5 Å². The number of carbonyl (C=O) groups is 1. The minimum atomic E-state index is -0.251. The van der Waals surface area contributed by atoms with Gasteiger partial charge < -0.3 is 10.1 Å². The van der Waals surface area contributed by atoms with Crippen LogP contribution in [0.15, 0.2) is 47.6 Å². The first kappa shape index (κ1) is 18.9. The molecule has 1 aliphatic rings. The summed E-state index contributed by atoms with van der Waals surface area (Å²) in [5, 5.41) is 7.06. The van der Waals surface area contributed by atoms with Gasteiger partial charge in [0.25, 0.3) is 5.91 Å². The fourth-order valence-corrected chi connectivity index (χ4v) is 3.41. The Morgan fingerprint density at radius 1 is 1.21 bits per heavy atom. The van der Waals surface area contributed by atoms with Gasteiger partial charge in [-0.25, -0.2) is 4.98 Å². The minimum Gasteiger partial charge on any atom is -0.491 e. The first-order valence-corrected chi connectivity index (χ1v) is 9.53. The number of ether oxygens (including phenoxy) is 1. The second-order valence-corrected chi connectivity index (χ2v) is 7.33. The van der Waals surface area contributed by atoms with Crippen molar-refractivity contribution in [3.63, 3.8) is 0 Å². The summed E-state index contributed by atoms with van der Waals surface area (Å²) in [6, 6.07) is 11.5. The lowest BCUT2D eigenvalue weighted by atomic mass is 10.0. The van der Waals surface area contributed by atoms with Gasteiger partial charge in [-0.1, -0.05) is 6.07 Å². The van der Waals surface area contributed by atoms with Crippen LogP contribution in [0, 0.1) is 6.92 Å². The lowest BCUT2D eigenvalue weighted by molar-refractivity contribution is 0.101. The summed E-state index contributed by atoms with van der Waals surface area (Å²) >= 11 is 0.